The van der Waals surface area contributed by atoms with Crippen molar-refractivity contribution in [2.75, 3.05) is 0 Å². The third-order valence-corrected chi connectivity index (χ3v) is 4.60. The lowest BCUT2D eigenvalue weighted by Crippen LogP contribution is -2.26. The van der Waals surface area contributed by atoms with Gasteiger partial charge in [0.25, 0.3) is 11.8 Å². The topological polar surface area (TPSA) is 100 Å². The third-order valence-electron chi connectivity index (χ3n) is 4.60. The van der Waals surface area contributed by atoms with E-state index in [1.165, 1.54) is 0 Å². The quantitative estimate of drug-likeness (QED) is 0.454. The van der Waals surface area contributed by atoms with E-state index in [2.05, 4.69) is 22.2 Å². The van der Waals surface area contributed by atoms with Crippen molar-refractivity contribution in [2.24, 2.45) is 5.73 Å². The first-order chi connectivity index (χ1) is 14.5. The van der Waals surface area contributed by atoms with Crippen LogP contribution in [0.1, 0.15) is 33.3 Å². The summed E-state index contributed by atoms with van der Waals surface area (Å²) in [6.07, 6.45) is 4.90. The summed E-state index contributed by atoms with van der Waals surface area (Å²) in [5.74, 6) is -0.462. The van der Waals surface area contributed by atoms with Crippen LogP contribution in [-0.4, -0.2) is 16.8 Å². The molecule has 6 heteroatoms. The van der Waals surface area contributed by atoms with E-state index in [9.17, 15) is 9.59 Å². The standard InChI is InChI=1S/C24H24N4O2/c1-3-7-21(19(25)4-2)28-23(29)17-12-10-16(11-13-17)15-26-24(30)22-14-18-8-5-6-9-20(18)27-22/h3-14,27H,1,15,25H2,2H3,(H,26,30)(H,28,29)/b19-4+,21-7+. The Morgan fingerprint density at radius 1 is 1.10 bits per heavy atom. The smallest absolute Gasteiger partial charge is 0.267 e. The van der Waals surface area contributed by atoms with Crippen molar-refractivity contribution < 1.29 is 9.59 Å². The van der Waals surface area contributed by atoms with E-state index >= 15 is 0 Å². The Hall–Kier alpha value is -4.06. The summed E-state index contributed by atoms with van der Waals surface area (Å²) in [6.45, 7) is 5.77. The van der Waals surface area contributed by atoms with Gasteiger partial charge >= 0.3 is 0 Å². The van der Waals surface area contributed by atoms with Crippen LogP contribution in [0.2, 0.25) is 0 Å². The van der Waals surface area contributed by atoms with Crippen molar-refractivity contribution >= 4 is 22.7 Å². The van der Waals surface area contributed by atoms with E-state index in [-0.39, 0.29) is 11.8 Å². The number of carbonyl (C=O) groups excluding carboxylic acids is 2. The molecule has 0 aliphatic carbocycles. The fourth-order valence-electron chi connectivity index (χ4n) is 2.93. The molecule has 0 bridgehead atoms. The molecule has 0 radical (unpaired) electrons. The molecule has 0 fully saturated rings. The lowest BCUT2D eigenvalue weighted by molar-refractivity contribution is 0.0943. The van der Waals surface area contributed by atoms with Gasteiger partial charge in [-0.15, -0.1) is 0 Å². The van der Waals surface area contributed by atoms with E-state index in [1.807, 2.05) is 30.3 Å². The molecule has 5 N–H and O–H groups in total. The van der Waals surface area contributed by atoms with Crippen molar-refractivity contribution in [1.29, 1.82) is 0 Å². The molecule has 1 heterocycles. The molecule has 2 aromatic carbocycles. The zero-order valence-corrected chi connectivity index (χ0v) is 16.7. The average molecular weight is 400 g/mol. The fourth-order valence-corrected chi connectivity index (χ4v) is 2.93. The van der Waals surface area contributed by atoms with Crippen LogP contribution in [0.3, 0.4) is 0 Å². The highest BCUT2D eigenvalue weighted by molar-refractivity contribution is 5.98. The van der Waals surface area contributed by atoms with E-state index in [0.29, 0.717) is 29.2 Å². The Balaban J connectivity index is 1.61. The number of carbonyl (C=O) groups is 2. The second kappa shape index (κ2) is 9.43. The highest BCUT2D eigenvalue weighted by Crippen LogP contribution is 2.14. The zero-order chi connectivity index (χ0) is 21.5. The van der Waals surface area contributed by atoms with Gasteiger partial charge < -0.3 is 21.4 Å². The SMILES string of the molecule is C=C/C=C(NC(=O)c1ccc(CNC(=O)c2cc3ccccc3[nH]2)cc1)\C(N)=C/C. The van der Waals surface area contributed by atoms with Crippen molar-refractivity contribution in [2.45, 2.75) is 13.5 Å². The fraction of sp³-hybridized carbons (Fsp3) is 0.0833. The van der Waals surface area contributed by atoms with Gasteiger partial charge in [0.2, 0.25) is 0 Å². The van der Waals surface area contributed by atoms with Crippen LogP contribution in [0.4, 0.5) is 0 Å². The summed E-state index contributed by atoms with van der Waals surface area (Å²) in [6, 6.07) is 16.6. The number of nitrogens with two attached hydrogens (primary N) is 1. The molecular weight excluding hydrogens is 376 g/mol. The first kappa shape index (κ1) is 20.7. The molecule has 0 atom stereocenters. The number of rotatable bonds is 7. The molecule has 0 saturated carbocycles. The number of benzene rings is 2. The Bertz CT molecular complexity index is 1100. The number of nitrogens with one attached hydrogen (secondary N) is 3. The largest absolute Gasteiger partial charge is 0.397 e. The second-order valence-corrected chi connectivity index (χ2v) is 6.66. The van der Waals surface area contributed by atoms with Crippen molar-refractivity contribution in [3.63, 3.8) is 0 Å². The van der Waals surface area contributed by atoms with Crippen LogP contribution >= 0.6 is 0 Å². The predicted octanol–water partition coefficient (Wildman–Crippen LogP) is 3.76. The number of hydrogen-bond acceptors (Lipinski definition) is 3. The molecule has 3 aromatic rings. The number of hydrogen-bond donors (Lipinski definition) is 4. The molecule has 30 heavy (non-hydrogen) atoms. The second-order valence-electron chi connectivity index (χ2n) is 6.66. The number of fused-ring (bicyclic) bond motifs is 1. The van der Waals surface area contributed by atoms with Crippen LogP contribution in [0, 0.1) is 0 Å². The van der Waals surface area contributed by atoms with Crippen LogP contribution < -0.4 is 16.4 Å². The molecule has 0 aliphatic heterocycles. The Labute approximate surface area is 175 Å². The maximum atomic E-state index is 12.5. The summed E-state index contributed by atoms with van der Waals surface area (Å²) < 4.78 is 0. The number of aromatic nitrogens is 1. The number of para-hydroxylation sites is 1. The Morgan fingerprint density at radius 3 is 2.50 bits per heavy atom. The molecular formula is C24H24N4O2. The highest BCUT2D eigenvalue weighted by Gasteiger charge is 2.11. The predicted molar refractivity (Wildman–Crippen MR) is 120 cm³/mol. The van der Waals surface area contributed by atoms with Gasteiger partial charge in [0.05, 0.1) is 11.4 Å². The maximum Gasteiger partial charge on any atom is 0.267 e. The van der Waals surface area contributed by atoms with Crippen molar-refractivity contribution in [3.8, 4) is 0 Å². The van der Waals surface area contributed by atoms with Crippen LogP contribution in [0.15, 0.2) is 90.8 Å². The summed E-state index contributed by atoms with van der Waals surface area (Å²) in [5, 5.41) is 6.64. The molecule has 6 nitrogen and oxygen atoms in total. The van der Waals surface area contributed by atoms with E-state index in [1.54, 1.807) is 49.4 Å². The number of aromatic amines is 1. The molecule has 2 amide bonds. The van der Waals surface area contributed by atoms with Gasteiger partial charge in [-0.05, 0) is 42.8 Å². The number of H-pyrrole nitrogens is 1. The lowest BCUT2D eigenvalue weighted by atomic mass is 10.1. The molecule has 0 spiro atoms. The highest BCUT2D eigenvalue weighted by atomic mass is 16.2. The summed E-state index contributed by atoms with van der Waals surface area (Å²) >= 11 is 0. The minimum atomic E-state index is -0.276. The molecule has 3 rings (SSSR count). The van der Waals surface area contributed by atoms with Crippen molar-refractivity contribution in [1.82, 2.24) is 15.6 Å². The van der Waals surface area contributed by atoms with E-state index in [4.69, 9.17) is 5.73 Å². The van der Waals surface area contributed by atoms with Crippen molar-refractivity contribution in [3.05, 3.63) is 108 Å². The molecule has 1 aromatic heterocycles. The van der Waals surface area contributed by atoms with Gasteiger partial charge in [-0.25, -0.2) is 0 Å². The summed E-state index contributed by atoms with van der Waals surface area (Å²) in [5.41, 5.74) is 9.63. The summed E-state index contributed by atoms with van der Waals surface area (Å²) in [4.78, 5) is 28.0. The van der Waals surface area contributed by atoms with Gasteiger partial charge in [0, 0.05) is 23.0 Å². The Kier molecular flexibility index (Phi) is 6.49. The van der Waals surface area contributed by atoms with Crippen LogP contribution in [-0.2, 0) is 6.54 Å². The van der Waals surface area contributed by atoms with Gasteiger partial charge in [0.1, 0.15) is 5.69 Å². The maximum absolute atomic E-state index is 12.5. The minimum absolute atomic E-state index is 0.186. The van der Waals surface area contributed by atoms with Gasteiger partial charge in [-0.3, -0.25) is 9.59 Å². The van der Waals surface area contributed by atoms with Crippen LogP contribution in [0.5, 0.6) is 0 Å². The van der Waals surface area contributed by atoms with E-state index in [0.717, 1.165) is 16.5 Å². The minimum Gasteiger partial charge on any atom is -0.397 e. The van der Waals surface area contributed by atoms with Gasteiger partial charge in [-0.1, -0.05) is 49.1 Å². The molecule has 152 valence electrons. The normalized spacial score (nSPS) is 11.9. The van der Waals surface area contributed by atoms with E-state index < -0.39 is 0 Å². The Morgan fingerprint density at radius 2 is 1.83 bits per heavy atom. The number of allylic oxidation sites excluding steroid dienone is 3. The zero-order valence-electron chi connectivity index (χ0n) is 16.7. The summed E-state index contributed by atoms with van der Waals surface area (Å²) in [7, 11) is 0. The first-order valence-corrected chi connectivity index (χ1v) is 9.53. The monoisotopic (exact) mass is 400 g/mol. The van der Waals surface area contributed by atoms with Gasteiger partial charge in [0.15, 0.2) is 0 Å². The molecule has 0 unspecified atom stereocenters. The third kappa shape index (κ3) is 4.86. The average Bonchev–Trinajstić information content (AvgIpc) is 3.21. The van der Waals surface area contributed by atoms with Gasteiger partial charge in [-0.2, -0.15) is 0 Å². The molecule has 0 saturated heterocycles. The first-order valence-electron chi connectivity index (χ1n) is 9.53. The lowest BCUT2D eigenvalue weighted by Gasteiger charge is -2.10. The number of amides is 2. The van der Waals surface area contributed by atoms with Crippen LogP contribution in [0.25, 0.3) is 10.9 Å². The molecule has 0 aliphatic rings.